The summed E-state index contributed by atoms with van der Waals surface area (Å²) in [6, 6.07) is 0. The summed E-state index contributed by atoms with van der Waals surface area (Å²) in [6.45, 7) is 7.12. The van der Waals surface area contributed by atoms with Gasteiger partial charge in [0, 0.05) is 6.08 Å². The molecule has 1 heterocycles. The van der Waals surface area contributed by atoms with Crippen molar-refractivity contribution in [1.29, 1.82) is 0 Å². The van der Waals surface area contributed by atoms with E-state index in [0.717, 1.165) is 12.8 Å². The zero-order valence-electron chi connectivity index (χ0n) is 13.1. The van der Waals surface area contributed by atoms with Crippen molar-refractivity contribution in [2.24, 2.45) is 5.92 Å². The SMILES string of the molecule is C/C1=C\CC[C@H](C)[C@@H](C)OC(=O)/C=C\[C@](C)(O)/C=C/C1=O. The maximum Gasteiger partial charge on any atom is 0.330 e. The second kappa shape index (κ2) is 7.36. The summed E-state index contributed by atoms with van der Waals surface area (Å²) >= 11 is 0. The van der Waals surface area contributed by atoms with Gasteiger partial charge in [0.1, 0.15) is 6.10 Å². The van der Waals surface area contributed by atoms with Crippen molar-refractivity contribution < 1.29 is 19.4 Å². The van der Waals surface area contributed by atoms with E-state index in [1.807, 2.05) is 19.9 Å². The van der Waals surface area contributed by atoms with Crippen LogP contribution in [-0.4, -0.2) is 28.6 Å². The van der Waals surface area contributed by atoms with Crippen LogP contribution in [0.3, 0.4) is 0 Å². The fourth-order valence-electron chi connectivity index (χ4n) is 1.90. The lowest BCUT2D eigenvalue weighted by Crippen LogP contribution is -2.23. The van der Waals surface area contributed by atoms with Gasteiger partial charge >= 0.3 is 5.97 Å². The van der Waals surface area contributed by atoms with Crippen molar-refractivity contribution in [3.05, 3.63) is 36.0 Å². The molecule has 0 bridgehead atoms. The Kier molecular flexibility index (Phi) is 6.09. The average molecular weight is 292 g/mol. The third-order valence-electron chi connectivity index (χ3n) is 3.69. The first-order valence-corrected chi connectivity index (χ1v) is 7.24. The molecule has 1 aliphatic rings. The molecule has 4 nitrogen and oxygen atoms in total. The standard InChI is InChI=1S/C17H24O4/c1-12-6-5-7-13(2)15(18)8-10-17(4,20)11-9-16(19)21-14(12)3/h7-12,14,20H,5-6H2,1-4H3/b10-8+,11-9-,13-7+/t12-,14+,17+/m0/s1. The maximum atomic E-state index is 11.9. The molecule has 21 heavy (non-hydrogen) atoms. The Hall–Kier alpha value is -1.68. The summed E-state index contributed by atoms with van der Waals surface area (Å²) in [7, 11) is 0. The minimum atomic E-state index is -1.37. The van der Waals surface area contributed by atoms with Gasteiger partial charge in [-0.05, 0) is 63.3 Å². The average Bonchev–Trinajstić information content (AvgIpc) is 2.41. The predicted molar refractivity (Wildman–Crippen MR) is 81.6 cm³/mol. The Labute approximate surface area is 126 Å². The highest BCUT2D eigenvalue weighted by atomic mass is 16.5. The molecule has 4 heteroatoms. The predicted octanol–water partition coefficient (Wildman–Crippen LogP) is 2.73. The van der Waals surface area contributed by atoms with Crippen LogP contribution >= 0.6 is 0 Å². The third kappa shape index (κ3) is 6.08. The molecule has 3 atom stereocenters. The highest BCUT2D eigenvalue weighted by Crippen LogP contribution is 2.17. The topological polar surface area (TPSA) is 63.6 Å². The molecule has 1 N–H and O–H groups in total. The number of carbonyl (C=O) groups is 2. The summed E-state index contributed by atoms with van der Waals surface area (Å²) in [5.74, 6) is -0.428. The molecule has 116 valence electrons. The molecule has 0 fully saturated rings. The summed E-state index contributed by atoms with van der Waals surface area (Å²) in [6.07, 6.45) is 8.48. The lowest BCUT2D eigenvalue weighted by Gasteiger charge is -2.20. The molecule has 1 aliphatic heterocycles. The molecular weight excluding hydrogens is 268 g/mol. The van der Waals surface area contributed by atoms with E-state index in [0.29, 0.717) is 5.57 Å². The zero-order valence-corrected chi connectivity index (χ0v) is 13.1. The molecule has 0 amide bonds. The minimum Gasteiger partial charge on any atom is -0.459 e. The number of rotatable bonds is 0. The van der Waals surface area contributed by atoms with Crippen molar-refractivity contribution >= 4 is 11.8 Å². The molecular formula is C17H24O4. The van der Waals surface area contributed by atoms with Gasteiger partial charge in [-0.25, -0.2) is 4.79 Å². The third-order valence-corrected chi connectivity index (χ3v) is 3.69. The highest BCUT2D eigenvalue weighted by molar-refractivity contribution is 6.03. The van der Waals surface area contributed by atoms with Gasteiger partial charge in [-0.15, -0.1) is 0 Å². The second-order valence-electron chi connectivity index (χ2n) is 5.84. The summed E-state index contributed by atoms with van der Waals surface area (Å²) in [5, 5.41) is 10.1. The van der Waals surface area contributed by atoms with Crippen molar-refractivity contribution in [1.82, 2.24) is 0 Å². The molecule has 0 aromatic carbocycles. The van der Waals surface area contributed by atoms with Crippen LogP contribution in [0.5, 0.6) is 0 Å². The fraction of sp³-hybridized carbons (Fsp3) is 0.529. The Morgan fingerprint density at radius 2 is 1.86 bits per heavy atom. The van der Waals surface area contributed by atoms with E-state index >= 15 is 0 Å². The van der Waals surface area contributed by atoms with Crippen LogP contribution in [0.2, 0.25) is 0 Å². The van der Waals surface area contributed by atoms with Gasteiger partial charge in [-0.3, -0.25) is 4.79 Å². The molecule has 0 saturated carbocycles. The number of carbonyl (C=O) groups excluding carboxylic acids is 2. The Morgan fingerprint density at radius 3 is 2.52 bits per heavy atom. The number of hydrogen-bond acceptors (Lipinski definition) is 4. The van der Waals surface area contributed by atoms with Gasteiger partial charge in [0.15, 0.2) is 5.78 Å². The van der Waals surface area contributed by atoms with Gasteiger partial charge < -0.3 is 9.84 Å². The number of hydrogen-bond donors (Lipinski definition) is 1. The van der Waals surface area contributed by atoms with Crippen molar-refractivity contribution in [2.75, 3.05) is 0 Å². The molecule has 0 aliphatic carbocycles. The van der Waals surface area contributed by atoms with E-state index in [1.165, 1.54) is 31.2 Å². The van der Waals surface area contributed by atoms with Crippen LogP contribution in [0.4, 0.5) is 0 Å². The van der Waals surface area contributed by atoms with E-state index in [1.54, 1.807) is 6.92 Å². The monoisotopic (exact) mass is 292 g/mol. The van der Waals surface area contributed by atoms with E-state index < -0.39 is 11.6 Å². The molecule has 0 aromatic rings. The lowest BCUT2D eigenvalue weighted by molar-refractivity contribution is -0.144. The number of ketones is 1. The second-order valence-corrected chi connectivity index (χ2v) is 5.84. The van der Waals surface area contributed by atoms with Gasteiger partial charge in [-0.1, -0.05) is 13.0 Å². The first kappa shape index (κ1) is 17.4. The van der Waals surface area contributed by atoms with Crippen LogP contribution in [-0.2, 0) is 14.3 Å². The minimum absolute atomic E-state index is 0.135. The number of cyclic esters (lactones) is 1. The van der Waals surface area contributed by atoms with E-state index in [-0.39, 0.29) is 17.8 Å². The van der Waals surface area contributed by atoms with Gasteiger partial charge in [0.05, 0.1) is 5.60 Å². The Morgan fingerprint density at radius 1 is 1.24 bits per heavy atom. The first-order chi connectivity index (χ1) is 9.71. The first-order valence-electron chi connectivity index (χ1n) is 7.24. The van der Waals surface area contributed by atoms with E-state index in [9.17, 15) is 14.7 Å². The number of esters is 1. The van der Waals surface area contributed by atoms with Crippen LogP contribution in [0.15, 0.2) is 36.0 Å². The van der Waals surface area contributed by atoms with Crippen LogP contribution < -0.4 is 0 Å². The van der Waals surface area contributed by atoms with Crippen molar-refractivity contribution in [3.63, 3.8) is 0 Å². The summed E-state index contributed by atoms with van der Waals surface area (Å²) in [4.78, 5) is 23.6. The normalized spacial score (nSPS) is 37.9. The van der Waals surface area contributed by atoms with Gasteiger partial charge in [-0.2, -0.15) is 0 Å². The highest BCUT2D eigenvalue weighted by Gasteiger charge is 2.18. The molecule has 0 unspecified atom stereocenters. The van der Waals surface area contributed by atoms with Gasteiger partial charge in [0.2, 0.25) is 0 Å². The number of allylic oxidation sites excluding steroid dienone is 3. The van der Waals surface area contributed by atoms with E-state index in [4.69, 9.17) is 4.74 Å². The van der Waals surface area contributed by atoms with Gasteiger partial charge in [0.25, 0.3) is 0 Å². The van der Waals surface area contributed by atoms with Crippen molar-refractivity contribution in [3.8, 4) is 0 Å². The maximum absolute atomic E-state index is 11.9. The Bertz CT molecular complexity index is 483. The molecule has 0 saturated heterocycles. The number of aliphatic hydroxyl groups is 1. The fourth-order valence-corrected chi connectivity index (χ4v) is 1.90. The van der Waals surface area contributed by atoms with Crippen molar-refractivity contribution in [2.45, 2.75) is 52.2 Å². The van der Waals surface area contributed by atoms with Crippen LogP contribution in [0.1, 0.15) is 40.5 Å². The molecule has 0 spiro atoms. The van der Waals surface area contributed by atoms with E-state index in [2.05, 4.69) is 0 Å². The summed E-state index contributed by atoms with van der Waals surface area (Å²) in [5.41, 5.74) is -0.714. The zero-order chi connectivity index (χ0) is 16.0. The molecule has 1 rings (SSSR count). The quantitative estimate of drug-likeness (QED) is 0.697. The number of ether oxygens (including phenoxy) is 1. The van der Waals surface area contributed by atoms with Crippen LogP contribution in [0, 0.1) is 5.92 Å². The largest absolute Gasteiger partial charge is 0.459 e. The molecule has 0 radical (unpaired) electrons. The van der Waals surface area contributed by atoms with Crippen LogP contribution in [0.25, 0.3) is 0 Å². The Balaban J connectivity index is 3.01. The lowest BCUT2D eigenvalue weighted by atomic mass is 9.98. The summed E-state index contributed by atoms with van der Waals surface area (Å²) < 4.78 is 5.30. The smallest absolute Gasteiger partial charge is 0.330 e. The molecule has 0 aromatic heterocycles.